The number of amides is 1. The van der Waals surface area contributed by atoms with Crippen molar-refractivity contribution in [2.75, 3.05) is 24.8 Å². The van der Waals surface area contributed by atoms with Gasteiger partial charge in [0.05, 0.1) is 5.75 Å². The number of nitrogen functional groups attached to an aromatic ring is 1. The van der Waals surface area contributed by atoms with Crippen LogP contribution in [-0.4, -0.2) is 44.3 Å². The number of para-hydroxylation sites is 1. The molecule has 0 spiro atoms. The Morgan fingerprint density at radius 1 is 1.33 bits per heavy atom. The maximum absolute atomic E-state index is 12.0. The van der Waals surface area contributed by atoms with Crippen LogP contribution in [0, 0.1) is 0 Å². The molecule has 21 heavy (non-hydrogen) atoms. The van der Waals surface area contributed by atoms with Gasteiger partial charge in [-0.25, -0.2) is 8.42 Å². The molecule has 1 aromatic carbocycles. The number of carbonyl (C=O) groups is 1. The predicted octanol–water partition coefficient (Wildman–Crippen LogP) is 1.51. The second-order valence-corrected chi connectivity index (χ2v) is 7.33. The molecule has 0 saturated carbocycles. The molecule has 1 amide bonds. The number of anilines is 1. The third kappa shape index (κ3) is 6.82. The van der Waals surface area contributed by atoms with Crippen LogP contribution in [-0.2, 0) is 21.1 Å². The predicted molar refractivity (Wildman–Crippen MR) is 88.4 cm³/mol. The monoisotopic (exact) mass is 334 g/mol. The minimum atomic E-state index is -3.09. The number of hydrogen-bond donors (Lipinski definition) is 1. The number of carbonyl (C=O) groups excluding carboxylic acids is 1. The van der Waals surface area contributed by atoms with Gasteiger partial charge >= 0.3 is 0 Å². The lowest BCUT2D eigenvalue weighted by atomic mass is 10.1. The van der Waals surface area contributed by atoms with Crippen molar-refractivity contribution in [3.05, 3.63) is 29.8 Å². The molecule has 0 aliphatic rings. The molecule has 5 nitrogen and oxygen atoms in total. The van der Waals surface area contributed by atoms with Crippen molar-refractivity contribution in [1.82, 2.24) is 4.90 Å². The van der Waals surface area contributed by atoms with Crippen molar-refractivity contribution in [1.29, 1.82) is 0 Å². The van der Waals surface area contributed by atoms with Crippen LogP contribution in [0.15, 0.2) is 24.3 Å². The van der Waals surface area contributed by atoms with E-state index in [1.165, 1.54) is 11.2 Å². The van der Waals surface area contributed by atoms with Gasteiger partial charge in [-0.15, -0.1) is 12.4 Å². The lowest BCUT2D eigenvalue weighted by Crippen LogP contribution is -2.39. The van der Waals surface area contributed by atoms with Gasteiger partial charge in [0.25, 0.3) is 0 Å². The SMILES string of the molecule is CC(CS(C)(=O)=O)N(C)C(=O)CCc1ccccc1N.Cl. The molecule has 0 fully saturated rings. The first-order chi connectivity index (χ1) is 9.20. The zero-order valence-corrected chi connectivity index (χ0v) is 14.2. The number of aryl methyl sites for hydroxylation is 1. The van der Waals surface area contributed by atoms with Crippen molar-refractivity contribution < 1.29 is 13.2 Å². The second kappa shape index (κ2) is 8.24. The van der Waals surface area contributed by atoms with E-state index in [2.05, 4.69) is 0 Å². The Labute approximate surface area is 132 Å². The van der Waals surface area contributed by atoms with Crippen LogP contribution in [0.4, 0.5) is 5.69 Å². The third-order valence-corrected chi connectivity index (χ3v) is 4.35. The molecule has 0 radical (unpaired) electrons. The van der Waals surface area contributed by atoms with Crippen LogP contribution in [0.1, 0.15) is 18.9 Å². The third-order valence-electron chi connectivity index (χ3n) is 3.26. The van der Waals surface area contributed by atoms with E-state index >= 15 is 0 Å². The maximum atomic E-state index is 12.0. The molecule has 120 valence electrons. The first-order valence-corrected chi connectivity index (χ1v) is 8.53. The van der Waals surface area contributed by atoms with Crippen LogP contribution >= 0.6 is 12.4 Å². The normalized spacial score (nSPS) is 12.3. The topological polar surface area (TPSA) is 80.5 Å². The summed E-state index contributed by atoms with van der Waals surface area (Å²) in [5.41, 5.74) is 7.43. The van der Waals surface area contributed by atoms with E-state index in [0.29, 0.717) is 18.5 Å². The quantitative estimate of drug-likeness (QED) is 0.800. The molecule has 0 aliphatic heterocycles. The van der Waals surface area contributed by atoms with Crippen molar-refractivity contribution >= 4 is 33.8 Å². The molecule has 2 N–H and O–H groups in total. The van der Waals surface area contributed by atoms with Gasteiger partial charge in [0.1, 0.15) is 9.84 Å². The second-order valence-electron chi connectivity index (χ2n) is 5.14. The van der Waals surface area contributed by atoms with Gasteiger partial charge in [0.15, 0.2) is 0 Å². The van der Waals surface area contributed by atoms with E-state index in [4.69, 9.17) is 5.73 Å². The zero-order chi connectivity index (χ0) is 15.3. The number of halogens is 1. The van der Waals surface area contributed by atoms with Crippen LogP contribution < -0.4 is 5.73 Å². The van der Waals surface area contributed by atoms with Gasteiger partial charge in [-0.05, 0) is 25.0 Å². The molecule has 1 rings (SSSR count). The fourth-order valence-electron chi connectivity index (χ4n) is 1.98. The minimum Gasteiger partial charge on any atom is -0.399 e. The minimum absolute atomic E-state index is 0. The lowest BCUT2D eigenvalue weighted by Gasteiger charge is -2.24. The molecule has 1 atom stereocenters. The van der Waals surface area contributed by atoms with Gasteiger partial charge in [0, 0.05) is 31.5 Å². The fraction of sp³-hybridized carbons (Fsp3) is 0.500. The highest BCUT2D eigenvalue weighted by molar-refractivity contribution is 7.90. The number of sulfone groups is 1. The van der Waals surface area contributed by atoms with Crippen LogP contribution in [0.3, 0.4) is 0 Å². The smallest absolute Gasteiger partial charge is 0.222 e. The summed E-state index contributed by atoms with van der Waals surface area (Å²) < 4.78 is 22.5. The molecule has 0 aromatic heterocycles. The Balaban J connectivity index is 0.00000400. The first-order valence-electron chi connectivity index (χ1n) is 6.47. The van der Waals surface area contributed by atoms with Crippen molar-refractivity contribution in [3.8, 4) is 0 Å². The largest absolute Gasteiger partial charge is 0.399 e. The molecule has 0 saturated heterocycles. The van der Waals surface area contributed by atoms with Crippen molar-refractivity contribution in [2.45, 2.75) is 25.8 Å². The van der Waals surface area contributed by atoms with Crippen LogP contribution in [0.25, 0.3) is 0 Å². The molecular weight excluding hydrogens is 312 g/mol. The highest BCUT2D eigenvalue weighted by Crippen LogP contribution is 2.13. The van der Waals surface area contributed by atoms with E-state index in [0.717, 1.165) is 5.56 Å². The van der Waals surface area contributed by atoms with Gasteiger partial charge in [-0.1, -0.05) is 18.2 Å². The Hall–Kier alpha value is -1.27. The number of hydrogen-bond acceptors (Lipinski definition) is 4. The summed E-state index contributed by atoms with van der Waals surface area (Å²) in [6.07, 6.45) is 2.05. The van der Waals surface area contributed by atoms with Crippen LogP contribution in [0.2, 0.25) is 0 Å². The number of benzene rings is 1. The summed E-state index contributed by atoms with van der Waals surface area (Å²) in [4.78, 5) is 13.5. The Morgan fingerprint density at radius 3 is 2.43 bits per heavy atom. The lowest BCUT2D eigenvalue weighted by molar-refractivity contribution is -0.131. The zero-order valence-electron chi connectivity index (χ0n) is 12.6. The Kier molecular flexibility index (Phi) is 7.74. The molecule has 1 unspecified atom stereocenters. The molecule has 7 heteroatoms. The molecule has 0 heterocycles. The van der Waals surface area contributed by atoms with Gasteiger partial charge in [-0.2, -0.15) is 0 Å². The van der Waals surface area contributed by atoms with Crippen molar-refractivity contribution in [2.24, 2.45) is 0 Å². The van der Waals surface area contributed by atoms with E-state index < -0.39 is 9.84 Å². The van der Waals surface area contributed by atoms with E-state index in [1.807, 2.05) is 18.2 Å². The molecular formula is C14H23ClN2O3S. The molecule has 0 aliphatic carbocycles. The number of nitrogens with zero attached hydrogens (tertiary/aromatic N) is 1. The molecule has 1 aromatic rings. The average Bonchev–Trinajstić information content (AvgIpc) is 2.34. The number of nitrogens with two attached hydrogens (primary N) is 1. The number of rotatable bonds is 6. The first kappa shape index (κ1) is 19.7. The van der Waals surface area contributed by atoms with Crippen molar-refractivity contribution in [3.63, 3.8) is 0 Å². The Bertz CT molecular complexity index is 575. The van der Waals surface area contributed by atoms with E-state index in [9.17, 15) is 13.2 Å². The van der Waals surface area contributed by atoms with E-state index in [-0.39, 0.29) is 30.1 Å². The fourth-order valence-corrected chi connectivity index (χ4v) is 3.08. The standard InChI is InChI=1S/C14H22N2O3S.ClH/c1-11(10-20(3,18)19)16(2)14(17)9-8-12-6-4-5-7-13(12)15;/h4-7,11H,8-10,15H2,1-3H3;1H. The maximum Gasteiger partial charge on any atom is 0.222 e. The molecule has 0 bridgehead atoms. The summed E-state index contributed by atoms with van der Waals surface area (Å²) >= 11 is 0. The van der Waals surface area contributed by atoms with E-state index in [1.54, 1.807) is 20.0 Å². The summed E-state index contributed by atoms with van der Waals surface area (Å²) in [5, 5.41) is 0. The summed E-state index contributed by atoms with van der Waals surface area (Å²) in [5.74, 6) is -0.104. The summed E-state index contributed by atoms with van der Waals surface area (Å²) in [6, 6.07) is 7.09. The highest BCUT2D eigenvalue weighted by atomic mass is 35.5. The summed E-state index contributed by atoms with van der Waals surface area (Å²) in [6.45, 7) is 1.73. The van der Waals surface area contributed by atoms with Gasteiger partial charge in [0.2, 0.25) is 5.91 Å². The average molecular weight is 335 g/mol. The summed E-state index contributed by atoms with van der Waals surface area (Å²) in [7, 11) is -1.46. The highest BCUT2D eigenvalue weighted by Gasteiger charge is 2.19. The van der Waals surface area contributed by atoms with Gasteiger partial charge in [-0.3, -0.25) is 4.79 Å². The van der Waals surface area contributed by atoms with Gasteiger partial charge < -0.3 is 10.6 Å². The van der Waals surface area contributed by atoms with Crippen LogP contribution in [0.5, 0.6) is 0 Å². The Morgan fingerprint density at radius 2 is 1.90 bits per heavy atom.